The Kier molecular flexibility index (Phi) is 4.16. The van der Waals surface area contributed by atoms with Crippen molar-refractivity contribution in [2.75, 3.05) is 6.61 Å². The summed E-state index contributed by atoms with van der Waals surface area (Å²) in [6, 6.07) is 19.4. The van der Waals surface area contributed by atoms with Crippen LogP contribution in [0.5, 0.6) is 5.75 Å². The van der Waals surface area contributed by atoms with Crippen LogP contribution in [0.3, 0.4) is 0 Å². The predicted octanol–water partition coefficient (Wildman–Crippen LogP) is 6.57. The van der Waals surface area contributed by atoms with E-state index < -0.39 is 0 Å². The standard InChI is InChI=1S/C23H21BrO/c1-14-15(2)23-21(16(3)22(14)24)20(13-25-23)19-11-9-18(10-12-19)17-7-5-4-6-8-17/h4-12,20H,13H2,1-3H3. The Bertz CT molecular complexity index is 927. The largest absolute Gasteiger partial charge is 0.492 e. The lowest BCUT2D eigenvalue weighted by Crippen LogP contribution is -2.04. The van der Waals surface area contributed by atoms with Gasteiger partial charge in [-0.3, -0.25) is 0 Å². The summed E-state index contributed by atoms with van der Waals surface area (Å²) in [5, 5.41) is 0. The van der Waals surface area contributed by atoms with Gasteiger partial charge < -0.3 is 4.74 Å². The fourth-order valence-corrected chi connectivity index (χ4v) is 4.27. The SMILES string of the molecule is Cc1c(C)c2c(c(C)c1Br)C(c1ccc(-c3ccccc3)cc1)CO2. The highest BCUT2D eigenvalue weighted by Crippen LogP contribution is 2.46. The van der Waals surface area contributed by atoms with Crippen LogP contribution in [-0.2, 0) is 0 Å². The van der Waals surface area contributed by atoms with E-state index in [1.807, 2.05) is 0 Å². The van der Waals surface area contributed by atoms with E-state index in [1.165, 1.54) is 43.4 Å². The topological polar surface area (TPSA) is 9.23 Å². The molecule has 0 amide bonds. The van der Waals surface area contributed by atoms with Crippen LogP contribution in [0, 0.1) is 20.8 Å². The van der Waals surface area contributed by atoms with Crippen LogP contribution in [0.25, 0.3) is 11.1 Å². The first-order valence-corrected chi connectivity index (χ1v) is 9.44. The van der Waals surface area contributed by atoms with Gasteiger partial charge >= 0.3 is 0 Å². The molecule has 2 heteroatoms. The van der Waals surface area contributed by atoms with Crippen LogP contribution in [0.1, 0.15) is 33.7 Å². The summed E-state index contributed by atoms with van der Waals surface area (Å²) in [7, 11) is 0. The fourth-order valence-electron chi connectivity index (χ4n) is 3.76. The van der Waals surface area contributed by atoms with Crippen LogP contribution in [0.15, 0.2) is 59.1 Å². The average molecular weight is 393 g/mol. The molecule has 0 bridgehead atoms. The smallest absolute Gasteiger partial charge is 0.126 e. The first-order valence-electron chi connectivity index (χ1n) is 8.65. The number of halogens is 1. The molecule has 1 aliphatic heterocycles. The van der Waals surface area contributed by atoms with Gasteiger partial charge in [0.25, 0.3) is 0 Å². The average Bonchev–Trinajstić information content (AvgIpc) is 3.11. The molecule has 0 saturated carbocycles. The van der Waals surface area contributed by atoms with Gasteiger partial charge in [-0.1, -0.05) is 70.5 Å². The van der Waals surface area contributed by atoms with Crippen LogP contribution in [0.2, 0.25) is 0 Å². The molecule has 1 heterocycles. The van der Waals surface area contributed by atoms with Crippen molar-refractivity contribution in [2.45, 2.75) is 26.7 Å². The van der Waals surface area contributed by atoms with E-state index in [-0.39, 0.29) is 0 Å². The van der Waals surface area contributed by atoms with Gasteiger partial charge in [-0.05, 0) is 54.2 Å². The molecule has 0 radical (unpaired) electrons. The van der Waals surface area contributed by atoms with Crippen LogP contribution < -0.4 is 4.74 Å². The molecule has 1 unspecified atom stereocenters. The normalized spacial score (nSPS) is 15.8. The predicted molar refractivity (Wildman–Crippen MR) is 108 cm³/mol. The fraction of sp³-hybridized carbons (Fsp3) is 0.217. The Morgan fingerprint density at radius 1 is 0.800 bits per heavy atom. The summed E-state index contributed by atoms with van der Waals surface area (Å²) in [5.74, 6) is 1.38. The zero-order chi connectivity index (χ0) is 17.6. The lowest BCUT2D eigenvalue weighted by atomic mass is 9.87. The molecule has 0 fully saturated rings. The van der Waals surface area contributed by atoms with E-state index >= 15 is 0 Å². The summed E-state index contributed by atoms with van der Waals surface area (Å²) in [5.41, 5.74) is 8.98. The molecule has 4 rings (SSSR count). The van der Waals surface area contributed by atoms with Gasteiger partial charge in [0.05, 0.1) is 6.61 Å². The summed E-state index contributed by atoms with van der Waals surface area (Å²) < 4.78 is 7.32. The maximum absolute atomic E-state index is 6.11. The van der Waals surface area contributed by atoms with Crippen molar-refractivity contribution in [1.29, 1.82) is 0 Å². The van der Waals surface area contributed by atoms with E-state index in [2.05, 4.69) is 91.3 Å². The molecule has 25 heavy (non-hydrogen) atoms. The van der Waals surface area contributed by atoms with Gasteiger partial charge in [0, 0.05) is 16.0 Å². The summed E-state index contributed by atoms with van der Waals surface area (Å²) in [6.07, 6.45) is 0. The highest BCUT2D eigenvalue weighted by atomic mass is 79.9. The zero-order valence-corrected chi connectivity index (χ0v) is 16.4. The second kappa shape index (κ2) is 6.34. The maximum atomic E-state index is 6.11. The van der Waals surface area contributed by atoms with Gasteiger partial charge in [0.15, 0.2) is 0 Å². The van der Waals surface area contributed by atoms with Crippen molar-refractivity contribution in [3.63, 3.8) is 0 Å². The number of fused-ring (bicyclic) bond motifs is 1. The number of benzene rings is 3. The monoisotopic (exact) mass is 392 g/mol. The quantitative estimate of drug-likeness (QED) is 0.479. The molecule has 1 aliphatic rings. The van der Waals surface area contributed by atoms with E-state index in [0.29, 0.717) is 5.92 Å². The molecule has 0 aliphatic carbocycles. The van der Waals surface area contributed by atoms with Crippen molar-refractivity contribution in [1.82, 2.24) is 0 Å². The lowest BCUT2D eigenvalue weighted by molar-refractivity contribution is 0.341. The Hall–Kier alpha value is -2.06. The van der Waals surface area contributed by atoms with E-state index in [9.17, 15) is 0 Å². The van der Waals surface area contributed by atoms with Crippen LogP contribution >= 0.6 is 15.9 Å². The summed E-state index contributed by atoms with van der Waals surface area (Å²) in [6.45, 7) is 7.21. The first-order chi connectivity index (χ1) is 12.1. The Morgan fingerprint density at radius 3 is 2.12 bits per heavy atom. The maximum Gasteiger partial charge on any atom is 0.126 e. The molecule has 0 saturated heterocycles. The number of rotatable bonds is 2. The number of hydrogen-bond acceptors (Lipinski definition) is 1. The third kappa shape index (κ3) is 2.69. The van der Waals surface area contributed by atoms with Gasteiger partial charge in [-0.2, -0.15) is 0 Å². The van der Waals surface area contributed by atoms with Crippen molar-refractivity contribution < 1.29 is 4.74 Å². The van der Waals surface area contributed by atoms with Crippen molar-refractivity contribution in [3.8, 4) is 16.9 Å². The van der Waals surface area contributed by atoms with E-state index in [1.54, 1.807) is 0 Å². The highest BCUT2D eigenvalue weighted by Gasteiger charge is 2.31. The van der Waals surface area contributed by atoms with E-state index in [4.69, 9.17) is 4.74 Å². The number of ether oxygens (including phenoxy) is 1. The van der Waals surface area contributed by atoms with Gasteiger partial charge in [0.1, 0.15) is 5.75 Å². The summed E-state index contributed by atoms with van der Waals surface area (Å²) in [4.78, 5) is 0. The first kappa shape index (κ1) is 16.4. The Morgan fingerprint density at radius 2 is 1.44 bits per heavy atom. The second-order valence-electron chi connectivity index (χ2n) is 6.78. The van der Waals surface area contributed by atoms with Gasteiger partial charge in [-0.25, -0.2) is 0 Å². The lowest BCUT2D eigenvalue weighted by Gasteiger charge is -2.16. The minimum atomic E-state index is 0.301. The molecular formula is C23H21BrO. The van der Waals surface area contributed by atoms with E-state index in [0.717, 1.165) is 12.4 Å². The van der Waals surface area contributed by atoms with Gasteiger partial charge in [-0.15, -0.1) is 0 Å². The van der Waals surface area contributed by atoms with Crippen molar-refractivity contribution in [2.24, 2.45) is 0 Å². The minimum Gasteiger partial charge on any atom is -0.492 e. The number of hydrogen-bond donors (Lipinski definition) is 0. The minimum absolute atomic E-state index is 0.301. The third-order valence-electron chi connectivity index (χ3n) is 5.37. The second-order valence-corrected chi connectivity index (χ2v) is 7.58. The molecule has 1 nitrogen and oxygen atoms in total. The van der Waals surface area contributed by atoms with Crippen LogP contribution in [-0.4, -0.2) is 6.61 Å². The van der Waals surface area contributed by atoms with Gasteiger partial charge in [0.2, 0.25) is 0 Å². The molecular weight excluding hydrogens is 372 g/mol. The molecule has 1 atom stereocenters. The molecule has 0 N–H and O–H groups in total. The molecule has 0 spiro atoms. The highest BCUT2D eigenvalue weighted by molar-refractivity contribution is 9.10. The van der Waals surface area contributed by atoms with Crippen molar-refractivity contribution >= 4 is 15.9 Å². The Balaban J connectivity index is 1.74. The third-order valence-corrected chi connectivity index (χ3v) is 6.56. The Labute approximate surface area is 157 Å². The van der Waals surface area contributed by atoms with Crippen LogP contribution in [0.4, 0.5) is 0 Å². The molecule has 126 valence electrons. The molecule has 3 aromatic carbocycles. The zero-order valence-electron chi connectivity index (χ0n) is 14.8. The van der Waals surface area contributed by atoms with Crippen molar-refractivity contribution in [3.05, 3.63) is 86.9 Å². The summed E-state index contributed by atoms with van der Waals surface area (Å²) >= 11 is 3.77. The molecule has 0 aromatic heterocycles. The molecule has 3 aromatic rings.